The predicted molar refractivity (Wildman–Crippen MR) is 49.4 cm³/mol. The van der Waals surface area contributed by atoms with E-state index in [1.54, 1.807) is 12.1 Å². The van der Waals surface area contributed by atoms with Gasteiger partial charge in [-0.25, -0.2) is 4.98 Å². The van der Waals surface area contributed by atoms with Gasteiger partial charge in [0.05, 0.1) is 11.9 Å². The van der Waals surface area contributed by atoms with Crippen LogP contribution in [0, 0.1) is 12.3 Å². The molecule has 4 heteroatoms. The Labute approximate surface area is 78.3 Å². The lowest BCUT2D eigenvalue weighted by atomic mass is 10.4. The van der Waals surface area contributed by atoms with Gasteiger partial charge in [-0.1, -0.05) is 0 Å². The molecule has 0 bridgehead atoms. The second-order valence-corrected chi connectivity index (χ2v) is 2.78. The molecule has 0 unspecified atom stereocenters. The Morgan fingerprint density at radius 3 is 2.92 bits per heavy atom. The van der Waals surface area contributed by atoms with Gasteiger partial charge < -0.3 is 5.32 Å². The van der Waals surface area contributed by atoms with Gasteiger partial charge in [0, 0.05) is 0 Å². The highest BCUT2D eigenvalue weighted by molar-refractivity contribution is 9.10. The highest BCUT2D eigenvalue weighted by Crippen LogP contribution is 2.09. The number of aromatic nitrogens is 1. The number of nitrogens with one attached hydrogen (secondary N) is 1. The van der Waals surface area contributed by atoms with Gasteiger partial charge in [-0.3, -0.25) is 4.79 Å². The molecule has 0 aliphatic heterocycles. The van der Waals surface area contributed by atoms with Gasteiger partial charge in [-0.2, -0.15) is 0 Å². The van der Waals surface area contributed by atoms with E-state index in [2.05, 4.69) is 26.2 Å². The fraction of sp³-hybridized carbons (Fsp3) is 0. The molecule has 1 heterocycles. The standard InChI is InChI=1S/C8H5BrN2O/c1-2-8(12)11-6-3-4-7(9)10-5-6/h1,3-5H,(H,11,12). The van der Waals surface area contributed by atoms with Crippen LogP contribution in [0.1, 0.15) is 0 Å². The Morgan fingerprint density at radius 2 is 2.42 bits per heavy atom. The van der Waals surface area contributed by atoms with Crippen LogP contribution in [0.2, 0.25) is 0 Å². The Balaban J connectivity index is 2.73. The topological polar surface area (TPSA) is 42.0 Å². The summed E-state index contributed by atoms with van der Waals surface area (Å²) in [4.78, 5) is 14.6. The first kappa shape index (κ1) is 8.75. The molecule has 0 saturated heterocycles. The quantitative estimate of drug-likeness (QED) is 0.580. The molecule has 1 aromatic rings. The lowest BCUT2D eigenvalue weighted by Gasteiger charge is -1.98. The molecule has 3 nitrogen and oxygen atoms in total. The van der Waals surface area contributed by atoms with E-state index in [-0.39, 0.29) is 0 Å². The molecule has 1 rings (SSSR count). The van der Waals surface area contributed by atoms with E-state index in [9.17, 15) is 4.79 Å². The maximum atomic E-state index is 10.7. The van der Waals surface area contributed by atoms with E-state index < -0.39 is 5.91 Å². The highest BCUT2D eigenvalue weighted by Gasteiger charge is 1.96. The van der Waals surface area contributed by atoms with Gasteiger partial charge in [-0.15, -0.1) is 6.42 Å². The fourth-order valence-corrected chi connectivity index (χ4v) is 0.851. The number of rotatable bonds is 1. The van der Waals surface area contributed by atoms with E-state index in [4.69, 9.17) is 6.42 Å². The van der Waals surface area contributed by atoms with E-state index in [0.29, 0.717) is 10.3 Å². The zero-order chi connectivity index (χ0) is 8.97. The number of terminal acetylenes is 1. The van der Waals surface area contributed by atoms with Gasteiger partial charge in [0.25, 0.3) is 5.91 Å². The van der Waals surface area contributed by atoms with Crippen LogP contribution in [0.5, 0.6) is 0 Å². The number of amides is 1. The third kappa shape index (κ3) is 2.36. The summed E-state index contributed by atoms with van der Waals surface area (Å²) in [5.74, 6) is 1.47. The van der Waals surface area contributed by atoms with Crippen molar-refractivity contribution in [1.29, 1.82) is 0 Å². The number of hydrogen-bond acceptors (Lipinski definition) is 2. The first-order valence-corrected chi connectivity index (χ1v) is 3.91. The summed E-state index contributed by atoms with van der Waals surface area (Å²) in [7, 11) is 0. The maximum Gasteiger partial charge on any atom is 0.300 e. The van der Waals surface area contributed by atoms with Crippen molar-refractivity contribution in [3.05, 3.63) is 22.9 Å². The molecule has 0 saturated carbocycles. The van der Waals surface area contributed by atoms with Crippen LogP contribution in [0.25, 0.3) is 0 Å². The molecule has 0 fully saturated rings. The first-order valence-electron chi connectivity index (χ1n) is 3.11. The van der Waals surface area contributed by atoms with Crippen molar-refractivity contribution in [2.75, 3.05) is 5.32 Å². The second kappa shape index (κ2) is 3.88. The Morgan fingerprint density at radius 1 is 1.67 bits per heavy atom. The molecule has 0 aliphatic rings. The summed E-state index contributed by atoms with van der Waals surface area (Å²) in [6.45, 7) is 0. The van der Waals surface area contributed by atoms with Crippen molar-refractivity contribution >= 4 is 27.5 Å². The first-order chi connectivity index (χ1) is 5.72. The molecule has 0 radical (unpaired) electrons. The van der Waals surface area contributed by atoms with Crippen LogP contribution in [0.15, 0.2) is 22.9 Å². The minimum atomic E-state index is -0.473. The summed E-state index contributed by atoms with van der Waals surface area (Å²) in [5, 5.41) is 2.46. The maximum absolute atomic E-state index is 10.7. The van der Waals surface area contributed by atoms with Gasteiger partial charge in [0.15, 0.2) is 0 Å². The van der Waals surface area contributed by atoms with E-state index in [1.165, 1.54) is 6.20 Å². The summed E-state index contributed by atoms with van der Waals surface area (Å²) >= 11 is 3.16. The van der Waals surface area contributed by atoms with E-state index >= 15 is 0 Å². The average Bonchev–Trinajstić information content (AvgIpc) is 2.09. The third-order valence-corrected chi connectivity index (χ3v) is 1.59. The van der Waals surface area contributed by atoms with Crippen LogP contribution in [0.3, 0.4) is 0 Å². The van der Waals surface area contributed by atoms with Crippen molar-refractivity contribution in [3.8, 4) is 12.3 Å². The molecule has 0 aliphatic carbocycles. The third-order valence-electron chi connectivity index (χ3n) is 1.12. The summed E-state index contributed by atoms with van der Waals surface area (Å²) in [5.41, 5.74) is 0.584. The van der Waals surface area contributed by atoms with Crippen LogP contribution < -0.4 is 5.32 Å². The van der Waals surface area contributed by atoms with Crippen molar-refractivity contribution < 1.29 is 4.79 Å². The molecule has 60 valence electrons. The largest absolute Gasteiger partial charge is 0.314 e. The van der Waals surface area contributed by atoms with E-state index in [0.717, 1.165) is 0 Å². The molecule has 0 atom stereocenters. The van der Waals surface area contributed by atoms with Crippen molar-refractivity contribution in [1.82, 2.24) is 4.98 Å². The lowest BCUT2D eigenvalue weighted by Crippen LogP contribution is -2.07. The van der Waals surface area contributed by atoms with Crippen LogP contribution in [-0.2, 0) is 4.79 Å². The highest BCUT2D eigenvalue weighted by atomic mass is 79.9. The van der Waals surface area contributed by atoms with Crippen molar-refractivity contribution in [2.24, 2.45) is 0 Å². The number of halogens is 1. The SMILES string of the molecule is C#CC(=O)Nc1ccc(Br)nc1. The van der Waals surface area contributed by atoms with Gasteiger partial charge in [0.1, 0.15) is 4.60 Å². The second-order valence-electron chi connectivity index (χ2n) is 1.97. The summed E-state index contributed by atoms with van der Waals surface area (Å²) in [6.07, 6.45) is 6.37. The Hall–Kier alpha value is -1.34. The van der Waals surface area contributed by atoms with Crippen molar-refractivity contribution in [2.45, 2.75) is 0 Å². The van der Waals surface area contributed by atoms with Crippen LogP contribution >= 0.6 is 15.9 Å². The van der Waals surface area contributed by atoms with Crippen LogP contribution in [0.4, 0.5) is 5.69 Å². The van der Waals surface area contributed by atoms with Gasteiger partial charge >= 0.3 is 0 Å². The minimum absolute atomic E-state index is 0.473. The molecule has 1 amide bonds. The lowest BCUT2D eigenvalue weighted by molar-refractivity contribution is -0.111. The number of nitrogens with zero attached hydrogens (tertiary/aromatic N) is 1. The monoisotopic (exact) mass is 224 g/mol. The predicted octanol–water partition coefficient (Wildman–Crippen LogP) is 1.42. The number of hydrogen-bond donors (Lipinski definition) is 1. The summed E-state index contributed by atoms with van der Waals surface area (Å²) in [6, 6.07) is 3.42. The zero-order valence-electron chi connectivity index (χ0n) is 6.04. The van der Waals surface area contributed by atoms with E-state index in [1.807, 2.05) is 5.92 Å². The van der Waals surface area contributed by atoms with Gasteiger partial charge in [-0.05, 0) is 34.0 Å². The van der Waals surface area contributed by atoms with Crippen LogP contribution in [-0.4, -0.2) is 10.9 Å². The number of carbonyl (C=O) groups excluding carboxylic acids is 1. The normalized spacial score (nSPS) is 8.67. The molecular formula is C8H5BrN2O. The Bertz CT molecular complexity index is 326. The number of anilines is 1. The summed E-state index contributed by atoms with van der Waals surface area (Å²) < 4.78 is 0.709. The molecule has 1 N–H and O–H groups in total. The van der Waals surface area contributed by atoms with Crippen molar-refractivity contribution in [3.63, 3.8) is 0 Å². The zero-order valence-corrected chi connectivity index (χ0v) is 7.63. The van der Waals surface area contributed by atoms with Gasteiger partial charge in [0.2, 0.25) is 0 Å². The fourth-order valence-electron chi connectivity index (χ4n) is 0.617. The Kier molecular flexibility index (Phi) is 2.83. The number of pyridine rings is 1. The average molecular weight is 225 g/mol. The minimum Gasteiger partial charge on any atom is -0.314 e. The number of carbonyl (C=O) groups is 1. The molecule has 0 spiro atoms. The molecule has 0 aromatic carbocycles. The smallest absolute Gasteiger partial charge is 0.300 e. The molecular weight excluding hydrogens is 220 g/mol. The molecule has 1 aromatic heterocycles. The molecule has 12 heavy (non-hydrogen) atoms.